The van der Waals surface area contributed by atoms with Crippen LogP contribution in [0.5, 0.6) is 0 Å². The Kier molecular flexibility index (Phi) is 7.86. The van der Waals surface area contributed by atoms with Crippen LogP contribution in [0.15, 0.2) is 18.2 Å². The summed E-state index contributed by atoms with van der Waals surface area (Å²) in [6.07, 6.45) is 3.54. The van der Waals surface area contributed by atoms with Crippen LogP contribution in [-0.2, 0) is 11.2 Å². The first-order valence-electron chi connectivity index (χ1n) is 9.32. The molecule has 0 aliphatic carbocycles. The van der Waals surface area contributed by atoms with Crippen molar-refractivity contribution in [2.45, 2.75) is 32.1 Å². The minimum absolute atomic E-state index is 0. The highest BCUT2D eigenvalue weighted by molar-refractivity contribution is 5.94. The van der Waals surface area contributed by atoms with Crippen molar-refractivity contribution in [3.05, 3.63) is 29.6 Å². The van der Waals surface area contributed by atoms with Crippen molar-refractivity contribution in [2.24, 2.45) is 5.92 Å². The molecule has 0 unspecified atom stereocenters. The summed E-state index contributed by atoms with van der Waals surface area (Å²) in [4.78, 5) is 26.5. The number of aliphatic carboxylic acids is 1. The largest absolute Gasteiger partial charge is 0.481 e. The summed E-state index contributed by atoms with van der Waals surface area (Å²) in [6, 6.07) is 4.48. The maximum Gasteiger partial charge on any atom is 0.324 e. The molecule has 2 N–H and O–H groups in total. The van der Waals surface area contributed by atoms with Gasteiger partial charge in [0.2, 0.25) is 0 Å². The van der Waals surface area contributed by atoms with Crippen LogP contribution in [0.25, 0.3) is 0 Å². The van der Waals surface area contributed by atoms with Crippen LogP contribution in [0.2, 0.25) is 0 Å². The zero-order valence-corrected chi connectivity index (χ0v) is 16.1. The van der Waals surface area contributed by atoms with Gasteiger partial charge in [0.05, 0.1) is 5.69 Å². The molecule has 0 atom stereocenters. The Hall–Kier alpha value is -1.86. The third-order valence-corrected chi connectivity index (χ3v) is 5.29. The Morgan fingerprint density at radius 2 is 2.00 bits per heavy atom. The van der Waals surface area contributed by atoms with Crippen LogP contribution < -0.4 is 10.2 Å². The molecule has 0 radical (unpaired) electrons. The number of carboxylic acid groups (broad SMARTS) is 1. The Morgan fingerprint density at radius 3 is 2.67 bits per heavy atom. The molecule has 3 rings (SSSR count). The number of hydrogen-bond donors (Lipinski definition) is 2. The second-order valence-corrected chi connectivity index (χ2v) is 7.08. The minimum Gasteiger partial charge on any atom is -0.481 e. The van der Waals surface area contributed by atoms with E-state index < -0.39 is 11.8 Å². The third-order valence-electron chi connectivity index (χ3n) is 5.29. The number of amides is 2. The second-order valence-electron chi connectivity index (χ2n) is 7.08. The number of carbonyl (C=O) groups is 2. The van der Waals surface area contributed by atoms with Crippen LogP contribution in [0.4, 0.5) is 14.9 Å². The number of anilines is 1. The van der Waals surface area contributed by atoms with Crippen molar-refractivity contribution in [1.29, 1.82) is 0 Å². The number of carboxylic acids is 1. The molecule has 27 heavy (non-hydrogen) atoms. The summed E-state index contributed by atoms with van der Waals surface area (Å²) < 4.78 is 14.4. The quantitative estimate of drug-likeness (QED) is 0.739. The summed E-state index contributed by atoms with van der Waals surface area (Å²) in [7, 11) is 0. The number of nitrogens with zero attached hydrogens (tertiary/aromatic N) is 2. The van der Waals surface area contributed by atoms with Gasteiger partial charge < -0.3 is 15.3 Å². The molecule has 0 bridgehead atoms. The first-order valence-corrected chi connectivity index (χ1v) is 9.32. The standard InChI is InChI=1S/C19H26FN3O3.ClH/c20-16-13-15(2-4-18(24)25)1-3-17(16)23-12-11-22(19(23)26)10-7-14-5-8-21-9-6-14;/h1,3,13-14,21H,2,4-12H2,(H,24,25);1H. The van der Waals surface area contributed by atoms with Crippen molar-refractivity contribution in [3.63, 3.8) is 0 Å². The van der Waals surface area contributed by atoms with Crippen LogP contribution in [0.1, 0.15) is 31.2 Å². The number of piperidine rings is 1. The van der Waals surface area contributed by atoms with Crippen molar-refractivity contribution in [3.8, 4) is 0 Å². The van der Waals surface area contributed by atoms with Gasteiger partial charge in [-0.05, 0) is 62.4 Å². The van der Waals surface area contributed by atoms with E-state index in [0.29, 0.717) is 24.6 Å². The van der Waals surface area contributed by atoms with Crippen LogP contribution in [-0.4, -0.2) is 54.7 Å². The number of rotatable bonds is 7. The maximum absolute atomic E-state index is 14.4. The predicted molar refractivity (Wildman–Crippen MR) is 104 cm³/mol. The number of halogens is 2. The monoisotopic (exact) mass is 399 g/mol. The average molecular weight is 400 g/mol. The van der Waals surface area contributed by atoms with Gasteiger partial charge in [0.25, 0.3) is 0 Å². The van der Waals surface area contributed by atoms with Crippen LogP contribution in [0.3, 0.4) is 0 Å². The topological polar surface area (TPSA) is 72.9 Å². The van der Waals surface area contributed by atoms with Crippen molar-refractivity contribution < 1.29 is 19.1 Å². The smallest absolute Gasteiger partial charge is 0.324 e. The molecule has 0 saturated carbocycles. The lowest BCUT2D eigenvalue weighted by Gasteiger charge is -2.25. The second kappa shape index (κ2) is 9.90. The van der Waals surface area contributed by atoms with Gasteiger partial charge in [0.15, 0.2) is 0 Å². The minimum atomic E-state index is -0.909. The van der Waals surface area contributed by atoms with E-state index in [1.54, 1.807) is 17.0 Å². The normalized spacial score (nSPS) is 17.9. The number of hydrogen-bond acceptors (Lipinski definition) is 3. The molecule has 0 spiro atoms. The summed E-state index contributed by atoms with van der Waals surface area (Å²) in [5.41, 5.74) is 0.904. The van der Waals surface area contributed by atoms with Crippen molar-refractivity contribution in [1.82, 2.24) is 10.2 Å². The molecule has 6 nitrogen and oxygen atoms in total. The van der Waals surface area contributed by atoms with E-state index >= 15 is 0 Å². The number of benzene rings is 1. The molecule has 2 aliphatic rings. The van der Waals surface area contributed by atoms with Gasteiger partial charge >= 0.3 is 12.0 Å². The van der Waals surface area contributed by atoms with E-state index in [2.05, 4.69) is 5.32 Å². The Morgan fingerprint density at radius 1 is 1.26 bits per heavy atom. The predicted octanol–water partition coefficient (Wildman–Crippen LogP) is 2.90. The van der Waals surface area contributed by atoms with Crippen LogP contribution in [0, 0.1) is 11.7 Å². The van der Waals surface area contributed by atoms with Gasteiger partial charge in [-0.2, -0.15) is 0 Å². The van der Waals surface area contributed by atoms with Gasteiger partial charge in [0.1, 0.15) is 5.82 Å². The maximum atomic E-state index is 14.4. The molecular weight excluding hydrogens is 373 g/mol. The van der Waals surface area contributed by atoms with E-state index in [1.807, 2.05) is 0 Å². The molecule has 150 valence electrons. The zero-order valence-electron chi connectivity index (χ0n) is 15.3. The van der Waals surface area contributed by atoms with Gasteiger partial charge in [-0.25, -0.2) is 9.18 Å². The lowest BCUT2D eigenvalue weighted by Crippen LogP contribution is -2.35. The number of carbonyl (C=O) groups excluding carboxylic acids is 1. The zero-order chi connectivity index (χ0) is 18.5. The van der Waals surface area contributed by atoms with Crippen molar-refractivity contribution in [2.75, 3.05) is 37.6 Å². The Bertz CT molecular complexity index is 668. The molecule has 2 aliphatic heterocycles. The van der Waals surface area contributed by atoms with Gasteiger partial charge in [-0.1, -0.05) is 6.07 Å². The summed E-state index contributed by atoms with van der Waals surface area (Å²) in [5.74, 6) is -0.724. The van der Waals surface area contributed by atoms with E-state index in [1.165, 1.54) is 11.0 Å². The Labute approximate surface area is 165 Å². The molecule has 1 aromatic rings. The summed E-state index contributed by atoms with van der Waals surface area (Å²) in [5, 5.41) is 12.1. The van der Waals surface area contributed by atoms with E-state index in [9.17, 15) is 14.0 Å². The SMILES string of the molecule is Cl.O=C(O)CCc1ccc(N2CCN(CCC3CCNCC3)C2=O)c(F)c1. The number of aryl methyl sites for hydroxylation is 1. The average Bonchev–Trinajstić information content (AvgIpc) is 3.00. The highest BCUT2D eigenvalue weighted by Gasteiger charge is 2.31. The highest BCUT2D eigenvalue weighted by atomic mass is 35.5. The fraction of sp³-hybridized carbons (Fsp3) is 0.579. The molecule has 1 aromatic carbocycles. The van der Waals surface area contributed by atoms with E-state index in [4.69, 9.17) is 5.11 Å². The Balaban J connectivity index is 0.00000261. The number of urea groups is 1. The highest BCUT2D eigenvalue weighted by Crippen LogP contribution is 2.26. The third kappa shape index (κ3) is 5.56. The molecule has 2 saturated heterocycles. The first kappa shape index (κ1) is 21.4. The molecule has 8 heteroatoms. The van der Waals surface area contributed by atoms with Crippen LogP contribution >= 0.6 is 12.4 Å². The lowest BCUT2D eigenvalue weighted by atomic mass is 9.94. The van der Waals surface area contributed by atoms with E-state index in [-0.39, 0.29) is 37.0 Å². The van der Waals surface area contributed by atoms with E-state index in [0.717, 1.165) is 38.9 Å². The molecule has 2 amide bonds. The lowest BCUT2D eigenvalue weighted by molar-refractivity contribution is -0.136. The summed E-state index contributed by atoms with van der Waals surface area (Å²) in [6.45, 7) is 3.91. The molecule has 0 aromatic heterocycles. The first-order chi connectivity index (χ1) is 12.5. The molecular formula is C19H27ClFN3O3. The fourth-order valence-corrected chi connectivity index (χ4v) is 3.70. The number of nitrogens with one attached hydrogen (secondary N) is 1. The fourth-order valence-electron chi connectivity index (χ4n) is 3.70. The molecule has 2 heterocycles. The van der Waals surface area contributed by atoms with Gasteiger partial charge in [0, 0.05) is 26.1 Å². The molecule has 2 fully saturated rings. The van der Waals surface area contributed by atoms with Crippen molar-refractivity contribution >= 4 is 30.1 Å². The summed E-state index contributed by atoms with van der Waals surface area (Å²) >= 11 is 0. The van der Waals surface area contributed by atoms with Gasteiger partial charge in [-0.15, -0.1) is 12.4 Å². The van der Waals surface area contributed by atoms with Gasteiger partial charge in [-0.3, -0.25) is 9.69 Å².